The Balaban J connectivity index is 1.43. The average Bonchev–Trinajstić information content (AvgIpc) is 3.30. The smallest absolute Gasteiger partial charge is 0.335 e. The highest BCUT2D eigenvalue weighted by Gasteiger charge is 2.55. The number of nitrogens with one attached hydrogen (secondary N) is 4. The lowest BCUT2D eigenvalue weighted by molar-refractivity contribution is -0.326. The third kappa shape index (κ3) is 17.2. The summed E-state index contributed by atoms with van der Waals surface area (Å²) in [4.78, 5) is 63.4. The molecule has 21 heteroatoms. The van der Waals surface area contributed by atoms with E-state index in [0.29, 0.717) is 19.3 Å². The van der Waals surface area contributed by atoms with E-state index in [9.17, 15) is 44.4 Å². The predicted molar refractivity (Wildman–Crippen MR) is 233 cm³/mol. The summed E-state index contributed by atoms with van der Waals surface area (Å²) < 4.78 is 48.6. The van der Waals surface area contributed by atoms with Crippen molar-refractivity contribution in [2.75, 3.05) is 59.3 Å². The lowest BCUT2D eigenvalue weighted by Crippen LogP contribution is -2.70. The fraction of sp³-hybridized carbons (Fsp3) is 0.844. The molecule has 21 nitrogen and oxygen atoms in total. The van der Waals surface area contributed by atoms with Crippen molar-refractivity contribution >= 4 is 29.6 Å². The third-order valence-corrected chi connectivity index (χ3v) is 12.5. The summed E-state index contributed by atoms with van der Waals surface area (Å²) in [6, 6.07) is -1.02. The number of hydrogen-bond donors (Lipinski definition) is 8. The number of esters is 1. The van der Waals surface area contributed by atoms with Crippen LogP contribution in [0.25, 0.3) is 0 Å². The second-order valence-electron chi connectivity index (χ2n) is 17.5. The molecule has 0 aromatic heterocycles. The van der Waals surface area contributed by atoms with Crippen LogP contribution in [0.1, 0.15) is 91.9 Å². The summed E-state index contributed by atoms with van der Waals surface area (Å²) in [7, 11) is 0. The highest BCUT2D eigenvalue weighted by molar-refractivity contribution is 5.92. The van der Waals surface area contributed by atoms with Gasteiger partial charge in [-0.15, -0.1) is 6.42 Å². The fourth-order valence-electron chi connectivity index (χ4n) is 9.07. The number of carbonyl (C=O) groups excluding carboxylic acids is 5. The summed E-state index contributed by atoms with van der Waals surface area (Å²) in [5.74, 6) is -0.773. The Bertz CT molecular complexity index is 1560. The maximum absolute atomic E-state index is 13.8. The molecule has 0 aromatic carbocycles. The molecule has 4 rings (SSSR count). The van der Waals surface area contributed by atoms with Gasteiger partial charge in [-0.3, -0.25) is 19.2 Å². The molecule has 0 aromatic rings. The minimum absolute atomic E-state index is 0.0887. The number of ether oxygens (including phenoxy) is 8. The Hall–Kier alpha value is -3.53. The predicted octanol–water partition coefficient (Wildman–Crippen LogP) is -1.07. The van der Waals surface area contributed by atoms with Crippen molar-refractivity contribution in [3.63, 3.8) is 0 Å². The minimum atomic E-state index is -1.45. The van der Waals surface area contributed by atoms with Crippen LogP contribution in [0.3, 0.4) is 0 Å². The van der Waals surface area contributed by atoms with Crippen LogP contribution < -0.4 is 21.3 Å². The summed E-state index contributed by atoms with van der Waals surface area (Å²) in [5, 5.41) is 51.4. The van der Waals surface area contributed by atoms with Gasteiger partial charge in [-0.05, 0) is 50.9 Å². The lowest BCUT2D eigenvalue weighted by Gasteiger charge is -2.50. The van der Waals surface area contributed by atoms with Crippen LogP contribution in [0.5, 0.6) is 0 Å². The quantitative estimate of drug-likeness (QED) is 0.0211. The van der Waals surface area contributed by atoms with E-state index in [1.54, 1.807) is 6.92 Å². The van der Waals surface area contributed by atoms with Crippen LogP contribution in [-0.4, -0.2) is 183 Å². The minimum Gasteiger partial charge on any atom is -0.455 e. The zero-order valence-corrected chi connectivity index (χ0v) is 38.8. The average molecular weight is 943 g/mol. The number of amides is 4. The van der Waals surface area contributed by atoms with Gasteiger partial charge in [0.2, 0.25) is 17.7 Å². The zero-order valence-electron chi connectivity index (χ0n) is 38.8. The molecule has 14 atom stereocenters. The van der Waals surface area contributed by atoms with Gasteiger partial charge in [0, 0.05) is 38.9 Å². The van der Waals surface area contributed by atoms with E-state index in [-0.39, 0.29) is 82.6 Å². The van der Waals surface area contributed by atoms with Crippen molar-refractivity contribution in [3.8, 4) is 12.3 Å². The number of hydrogen-bond acceptors (Lipinski definition) is 17. The van der Waals surface area contributed by atoms with Gasteiger partial charge in [0.1, 0.15) is 30.5 Å². The van der Waals surface area contributed by atoms with E-state index in [1.807, 2.05) is 12.8 Å². The van der Waals surface area contributed by atoms with Gasteiger partial charge in [0.05, 0.1) is 58.0 Å². The monoisotopic (exact) mass is 943 g/mol. The molecule has 2 saturated heterocycles. The molecule has 8 N–H and O–H groups in total. The number of rotatable bonds is 27. The zero-order chi connectivity index (χ0) is 48.2. The van der Waals surface area contributed by atoms with Crippen molar-refractivity contribution < 1.29 is 82.3 Å². The van der Waals surface area contributed by atoms with Crippen LogP contribution >= 0.6 is 0 Å². The van der Waals surface area contributed by atoms with Crippen LogP contribution in [0.15, 0.2) is 0 Å². The van der Waals surface area contributed by atoms with E-state index >= 15 is 0 Å². The number of carbonyl (C=O) groups is 5. The summed E-state index contributed by atoms with van der Waals surface area (Å²) >= 11 is 0. The maximum atomic E-state index is 13.8. The van der Waals surface area contributed by atoms with Crippen molar-refractivity contribution in [2.24, 2.45) is 17.8 Å². The highest BCUT2D eigenvalue weighted by atomic mass is 16.7. The number of terminal acetylenes is 1. The molecule has 2 aliphatic carbocycles. The molecule has 4 amide bonds. The van der Waals surface area contributed by atoms with E-state index < -0.39 is 110 Å². The van der Waals surface area contributed by atoms with E-state index in [2.05, 4.69) is 21.3 Å². The Morgan fingerprint density at radius 3 is 2.29 bits per heavy atom. The largest absolute Gasteiger partial charge is 0.455 e. The lowest BCUT2D eigenvalue weighted by atomic mass is 9.75. The van der Waals surface area contributed by atoms with Crippen LogP contribution in [-0.2, 0) is 61.9 Å². The Kier molecular flexibility index (Phi) is 24.0. The standard InChI is InChI=1S/C45H74N4O17/c1-6-30-22-31(43(57)48-15-14-46-37(55)13-17-59-19-20-60-18-16-47-36(54)7-2)23-33(40(30)62-28(5)61-26(3)39(56)32(53)24-50)64-45-38(49-27(4)52)42-41(35(25-51)65-45)66-44(58)34(63-42)21-29-11-9-8-10-12-29/h2,26,28-35,38-42,45,50-51,53,56H,6,8-25H2,1,3-5H3,(H,46,55)(H,47,54)(H,48,57)(H,49,52)/t26?,28-,30+,31?,32+,33?,34+,35-,38?,39?,40?,41?,42?,45+/m0/s1. The Morgan fingerprint density at radius 2 is 1.62 bits per heavy atom. The molecular formula is C45H74N4O17. The van der Waals surface area contributed by atoms with E-state index in [4.69, 9.17) is 44.3 Å². The maximum Gasteiger partial charge on any atom is 0.335 e. The Morgan fingerprint density at radius 1 is 0.909 bits per heavy atom. The van der Waals surface area contributed by atoms with Gasteiger partial charge in [-0.1, -0.05) is 45.4 Å². The van der Waals surface area contributed by atoms with Crippen LogP contribution in [0.2, 0.25) is 0 Å². The van der Waals surface area contributed by atoms with Gasteiger partial charge in [-0.25, -0.2) is 4.79 Å². The SMILES string of the molecule is C#CC(=O)NCCOCCOCCC(=O)NCCNC(=O)C1CC(O[C@@H]2O[C@@H](CO)C3OC(=O)[C@@H](CC4CCCCC4)OC3C2NC(C)=O)C(O[C@@H](C)OC(C)C(O)[C@H](O)CO)[C@H](CC)C1. The molecule has 4 aliphatic rings. The molecular weight excluding hydrogens is 869 g/mol. The van der Waals surface area contributed by atoms with Gasteiger partial charge in [0.25, 0.3) is 5.91 Å². The molecule has 376 valence electrons. The first kappa shape index (κ1) is 55.1. The first-order chi connectivity index (χ1) is 31.7. The first-order valence-corrected chi connectivity index (χ1v) is 23.5. The summed E-state index contributed by atoms with van der Waals surface area (Å²) in [5.41, 5.74) is 0. The van der Waals surface area contributed by atoms with Crippen molar-refractivity contribution in [3.05, 3.63) is 0 Å². The first-order valence-electron chi connectivity index (χ1n) is 23.5. The van der Waals surface area contributed by atoms with E-state index in [0.717, 1.165) is 32.1 Å². The van der Waals surface area contributed by atoms with Crippen molar-refractivity contribution in [2.45, 2.75) is 165 Å². The Labute approximate surface area is 387 Å². The van der Waals surface area contributed by atoms with Gasteiger partial charge in [-0.2, -0.15) is 0 Å². The summed E-state index contributed by atoms with van der Waals surface area (Å²) in [6.45, 7) is 6.65. The number of fused-ring (bicyclic) bond motifs is 1. The molecule has 2 heterocycles. The van der Waals surface area contributed by atoms with Gasteiger partial charge in [0.15, 0.2) is 24.8 Å². The molecule has 66 heavy (non-hydrogen) atoms. The van der Waals surface area contributed by atoms with Gasteiger partial charge >= 0.3 is 5.97 Å². The van der Waals surface area contributed by atoms with Crippen LogP contribution in [0, 0.1) is 30.1 Å². The fourth-order valence-corrected chi connectivity index (χ4v) is 9.07. The second kappa shape index (κ2) is 28.7. The third-order valence-electron chi connectivity index (χ3n) is 12.5. The molecule has 8 unspecified atom stereocenters. The molecule has 0 spiro atoms. The molecule has 2 aliphatic heterocycles. The number of aliphatic hydroxyl groups is 4. The summed E-state index contributed by atoms with van der Waals surface area (Å²) in [6.07, 6.45) is 0.0180. The topological polar surface area (TPSA) is 288 Å². The highest BCUT2D eigenvalue weighted by Crippen LogP contribution is 2.40. The van der Waals surface area contributed by atoms with Crippen molar-refractivity contribution in [1.82, 2.24) is 21.3 Å². The molecule has 2 saturated carbocycles. The normalized spacial score (nSPS) is 29.8. The van der Waals surface area contributed by atoms with E-state index in [1.165, 1.54) is 13.8 Å². The molecule has 4 fully saturated rings. The number of aliphatic hydroxyl groups excluding tert-OH is 4. The van der Waals surface area contributed by atoms with Crippen molar-refractivity contribution in [1.29, 1.82) is 0 Å². The van der Waals surface area contributed by atoms with Gasteiger partial charge < -0.3 is 79.6 Å². The molecule has 0 radical (unpaired) electrons. The van der Waals surface area contributed by atoms with Crippen LogP contribution in [0.4, 0.5) is 0 Å². The second-order valence-corrected chi connectivity index (χ2v) is 17.5. The molecule has 0 bridgehead atoms.